The van der Waals surface area contributed by atoms with Crippen LogP contribution in [-0.4, -0.2) is 56.3 Å². The van der Waals surface area contributed by atoms with E-state index in [1.807, 2.05) is 0 Å². The molecule has 33 heavy (non-hydrogen) atoms. The molecule has 8 nitrogen and oxygen atoms in total. The summed E-state index contributed by atoms with van der Waals surface area (Å²) in [6.07, 6.45) is 1.37. The van der Waals surface area contributed by atoms with Crippen molar-refractivity contribution >= 4 is 56.3 Å². The van der Waals surface area contributed by atoms with E-state index in [0.29, 0.717) is 10.8 Å². The third-order valence-electron chi connectivity index (χ3n) is 4.72. The van der Waals surface area contributed by atoms with Crippen LogP contribution in [0.25, 0.3) is 6.08 Å². The van der Waals surface area contributed by atoms with E-state index in [4.69, 9.17) is 16.3 Å². The molecule has 2 aromatic rings. The Hall–Kier alpha value is -2.82. The molecule has 1 aliphatic rings. The van der Waals surface area contributed by atoms with Crippen LogP contribution >= 0.6 is 23.4 Å². The number of benzene rings is 2. The lowest BCUT2D eigenvalue weighted by Gasteiger charge is -2.13. The van der Waals surface area contributed by atoms with Crippen LogP contribution in [-0.2, 0) is 19.4 Å². The molecule has 2 aromatic carbocycles. The van der Waals surface area contributed by atoms with Crippen molar-refractivity contribution in [2.75, 3.05) is 26.0 Å². The number of halogens is 1. The lowest BCUT2D eigenvalue weighted by Crippen LogP contribution is -2.37. The first-order valence-electron chi connectivity index (χ1n) is 9.84. The molecule has 0 atom stereocenters. The molecule has 1 saturated heterocycles. The highest BCUT2D eigenvalue weighted by atomic mass is 35.5. The molecule has 0 radical (unpaired) electrons. The Morgan fingerprint density at radius 1 is 1.12 bits per heavy atom. The average Bonchev–Trinajstić information content (AvgIpc) is 3.06. The maximum Gasteiger partial charge on any atom is 0.293 e. The Labute approximate surface area is 200 Å². The average molecular weight is 509 g/mol. The molecule has 0 unspecified atom stereocenters. The number of sulfone groups is 1. The molecule has 0 spiro atoms. The van der Waals surface area contributed by atoms with E-state index in [0.717, 1.165) is 22.2 Å². The zero-order chi connectivity index (χ0) is 24.0. The summed E-state index contributed by atoms with van der Waals surface area (Å²) in [4.78, 5) is 38.2. The first-order chi connectivity index (χ1) is 15.7. The quantitative estimate of drug-likeness (QED) is 0.517. The van der Waals surface area contributed by atoms with E-state index in [9.17, 15) is 22.8 Å². The molecule has 0 aliphatic carbocycles. The maximum absolute atomic E-state index is 12.5. The van der Waals surface area contributed by atoms with E-state index < -0.39 is 26.9 Å². The fourth-order valence-electron chi connectivity index (χ4n) is 2.93. The number of nitrogens with zero attached hydrogens (tertiary/aromatic N) is 1. The van der Waals surface area contributed by atoms with E-state index in [-0.39, 0.29) is 35.1 Å². The standard InChI is InChI=1S/C22H21ClN2O6S2/c1-31-17-6-2-15(3-7-17)14-19-21(27)25(22(28)32-19)12-11-24-20(26)10-13-33(29,30)18-8-4-16(23)5-9-18/h2-9,14H,10-13H2,1H3,(H,24,26)/b19-14-. The van der Waals surface area contributed by atoms with Gasteiger partial charge in [-0.15, -0.1) is 0 Å². The van der Waals surface area contributed by atoms with Crippen LogP contribution in [0.3, 0.4) is 0 Å². The van der Waals surface area contributed by atoms with Crippen molar-refractivity contribution in [3.63, 3.8) is 0 Å². The van der Waals surface area contributed by atoms with E-state index >= 15 is 0 Å². The number of thioether (sulfide) groups is 1. The van der Waals surface area contributed by atoms with Crippen molar-refractivity contribution in [3.8, 4) is 5.75 Å². The normalized spacial score (nSPS) is 15.2. The number of hydrogen-bond acceptors (Lipinski definition) is 7. The second kappa shape index (κ2) is 10.9. The van der Waals surface area contributed by atoms with Crippen LogP contribution in [0.15, 0.2) is 58.3 Å². The van der Waals surface area contributed by atoms with Gasteiger partial charge in [-0.25, -0.2) is 8.42 Å². The van der Waals surface area contributed by atoms with Gasteiger partial charge < -0.3 is 10.1 Å². The number of carbonyl (C=O) groups excluding carboxylic acids is 3. The minimum atomic E-state index is -3.63. The van der Waals surface area contributed by atoms with Gasteiger partial charge in [-0.2, -0.15) is 0 Å². The van der Waals surface area contributed by atoms with Gasteiger partial charge in [0.15, 0.2) is 9.84 Å². The van der Waals surface area contributed by atoms with Gasteiger partial charge in [-0.05, 0) is 59.8 Å². The molecule has 1 fully saturated rings. The summed E-state index contributed by atoms with van der Waals surface area (Å²) < 4.78 is 29.7. The minimum Gasteiger partial charge on any atom is -0.497 e. The molecule has 3 amide bonds. The number of methoxy groups -OCH3 is 1. The Morgan fingerprint density at radius 3 is 2.42 bits per heavy atom. The summed E-state index contributed by atoms with van der Waals surface area (Å²) in [5.41, 5.74) is 0.747. The number of imide groups is 1. The lowest BCUT2D eigenvalue weighted by atomic mass is 10.2. The van der Waals surface area contributed by atoms with Crippen LogP contribution in [0, 0.1) is 0 Å². The summed E-state index contributed by atoms with van der Waals surface area (Å²) >= 11 is 6.58. The molecule has 174 valence electrons. The predicted octanol–water partition coefficient (Wildman–Crippen LogP) is 3.37. The lowest BCUT2D eigenvalue weighted by molar-refractivity contribution is -0.124. The molecule has 1 N–H and O–H groups in total. The largest absolute Gasteiger partial charge is 0.497 e. The van der Waals surface area contributed by atoms with Crippen LogP contribution in [0.1, 0.15) is 12.0 Å². The SMILES string of the molecule is COc1ccc(/C=C2\SC(=O)N(CCNC(=O)CCS(=O)(=O)c3ccc(Cl)cc3)C2=O)cc1. The topological polar surface area (TPSA) is 110 Å². The Morgan fingerprint density at radius 2 is 1.79 bits per heavy atom. The first kappa shape index (κ1) is 24.8. The molecule has 0 bridgehead atoms. The molecular weight excluding hydrogens is 488 g/mol. The predicted molar refractivity (Wildman–Crippen MR) is 127 cm³/mol. The van der Waals surface area contributed by atoms with Crippen LogP contribution in [0.5, 0.6) is 5.75 Å². The Balaban J connectivity index is 1.49. The molecule has 1 heterocycles. The minimum absolute atomic E-state index is 0.0136. The van der Waals surface area contributed by atoms with Crippen molar-refractivity contribution in [1.29, 1.82) is 0 Å². The van der Waals surface area contributed by atoms with Gasteiger partial charge in [0.05, 0.1) is 22.7 Å². The second-order valence-corrected chi connectivity index (χ2v) is 10.5. The molecule has 1 aliphatic heterocycles. The third kappa shape index (κ3) is 6.59. The number of rotatable bonds is 9. The van der Waals surface area contributed by atoms with E-state index in [1.165, 1.54) is 24.3 Å². The van der Waals surface area contributed by atoms with Crippen molar-refractivity contribution in [1.82, 2.24) is 10.2 Å². The van der Waals surface area contributed by atoms with Gasteiger partial charge >= 0.3 is 0 Å². The van der Waals surface area contributed by atoms with Crippen molar-refractivity contribution in [3.05, 3.63) is 64.0 Å². The Kier molecular flexibility index (Phi) is 8.17. The van der Waals surface area contributed by atoms with Crippen LogP contribution < -0.4 is 10.1 Å². The highest BCUT2D eigenvalue weighted by Gasteiger charge is 2.34. The van der Waals surface area contributed by atoms with Crippen LogP contribution in [0.4, 0.5) is 4.79 Å². The summed E-state index contributed by atoms with van der Waals surface area (Å²) in [5, 5.41) is 2.53. The van der Waals surface area contributed by atoms with Gasteiger partial charge in [-0.1, -0.05) is 23.7 Å². The smallest absolute Gasteiger partial charge is 0.293 e. The number of carbonyl (C=O) groups is 3. The number of hydrogen-bond donors (Lipinski definition) is 1. The Bertz CT molecular complexity index is 1180. The summed E-state index contributed by atoms with van der Waals surface area (Å²) in [6.45, 7) is 0.00791. The van der Waals surface area contributed by atoms with Gasteiger partial charge in [0.1, 0.15) is 5.75 Å². The number of nitrogens with one attached hydrogen (secondary N) is 1. The summed E-state index contributed by atoms with van der Waals surface area (Å²) in [7, 11) is -2.08. The third-order valence-corrected chi connectivity index (χ3v) is 7.61. The highest BCUT2D eigenvalue weighted by Crippen LogP contribution is 2.32. The van der Waals surface area contributed by atoms with E-state index in [1.54, 1.807) is 37.5 Å². The fourth-order valence-corrected chi connectivity index (χ4v) is 5.16. The monoisotopic (exact) mass is 508 g/mol. The van der Waals surface area contributed by atoms with Crippen molar-refractivity contribution < 1.29 is 27.5 Å². The fraction of sp³-hybridized carbons (Fsp3) is 0.227. The van der Waals surface area contributed by atoms with Gasteiger partial charge in [0.25, 0.3) is 11.1 Å². The molecule has 0 aromatic heterocycles. The highest BCUT2D eigenvalue weighted by molar-refractivity contribution is 8.18. The van der Waals surface area contributed by atoms with Crippen molar-refractivity contribution in [2.24, 2.45) is 0 Å². The van der Waals surface area contributed by atoms with Gasteiger partial charge in [0, 0.05) is 24.5 Å². The maximum atomic E-state index is 12.5. The second-order valence-electron chi connectivity index (χ2n) is 6.98. The van der Waals surface area contributed by atoms with Crippen molar-refractivity contribution in [2.45, 2.75) is 11.3 Å². The number of amides is 3. The zero-order valence-electron chi connectivity index (χ0n) is 17.6. The summed E-state index contributed by atoms with van der Waals surface area (Å²) in [5.74, 6) is -0.627. The molecule has 11 heteroatoms. The number of ether oxygens (including phenoxy) is 1. The van der Waals surface area contributed by atoms with Gasteiger partial charge in [0.2, 0.25) is 5.91 Å². The summed E-state index contributed by atoms with van der Waals surface area (Å²) in [6, 6.07) is 12.7. The van der Waals surface area contributed by atoms with Gasteiger partial charge in [-0.3, -0.25) is 19.3 Å². The molecular formula is C22H21ClN2O6S2. The first-order valence-corrected chi connectivity index (χ1v) is 12.7. The zero-order valence-corrected chi connectivity index (χ0v) is 20.0. The molecule has 3 rings (SSSR count). The van der Waals surface area contributed by atoms with Crippen LogP contribution in [0.2, 0.25) is 5.02 Å². The van der Waals surface area contributed by atoms with E-state index in [2.05, 4.69) is 5.32 Å². The molecule has 0 saturated carbocycles.